The van der Waals surface area contributed by atoms with E-state index in [0.29, 0.717) is 11.3 Å². The second-order valence-electron chi connectivity index (χ2n) is 8.18. The Balaban J connectivity index is 1.53. The molecule has 0 aromatic heterocycles. The molecular formula is C27H34O2. The van der Waals surface area contributed by atoms with Crippen LogP contribution >= 0.6 is 0 Å². The molecule has 0 aliphatic heterocycles. The van der Waals surface area contributed by atoms with E-state index in [1.807, 2.05) is 36.4 Å². The molecule has 0 radical (unpaired) electrons. The maximum absolute atomic E-state index is 12.4. The predicted molar refractivity (Wildman–Crippen MR) is 121 cm³/mol. The van der Waals surface area contributed by atoms with Gasteiger partial charge in [-0.15, -0.1) is 0 Å². The quantitative estimate of drug-likeness (QED) is 0.250. The minimum absolute atomic E-state index is 0.300. The lowest BCUT2D eigenvalue weighted by atomic mass is 9.84. The summed E-state index contributed by atoms with van der Waals surface area (Å²) in [6, 6.07) is 15.6. The summed E-state index contributed by atoms with van der Waals surface area (Å²) in [5.41, 5.74) is 4.49. The van der Waals surface area contributed by atoms with E-state index in [-0.39, 0.29) is 5.97 Å². The number of rotatable bonds is 9. The van der Waals surface area contributed by atoms with Crippen molar-refractivity contribution in [1.82, 2.24) is 0 Å². The monoisotopic (exact) mass is 390 g/mol. The lowest BCUT2D eigenvalue weighted by Crippen LogP contribution is -2.09. The van der Waals surface area contributed by atoms with Gasteiger partial charge in [0, 0.05) is 0 Å². The highest BCUT2D eigenvalue weighted by Gasteiger charge is 2.16. The van der Waals surface area contributed by atoms with E-state index in [2.05, 4.69) is 32.1 Å². The van der Waals surface area contributed by atoms with Crippen molar-refractivity contribution >= 4 is 11.5 Å². The second-order valence-corrected chi connectivity index (χ2v) is 8.18. The summed E-state index contributed by atoms with van der Waals surface area (Å²) in [5.74, 6) is 1.14. The fourth-order valence-electron chi connectivity index (χ4n) is 4.05. The van der Waals surface area contributed by atoms with Crippen LogP contribution in [0.1, 0.15) is 86.7 Å². The van der Waals surface area contributed by atoms with Crippen LogP contribution in [-0.4, -0.2) is 5.97 Å². The summed E-state index contributed by atoms with van der Waals surface area (Å²) < 4.78 is 5.50. The molecule has 2 nitrogen and oxygen atoms in total. The number of ether oxygens (including phenoxy) is 1. The third-order valence-corrected chi connectivity index (χ3v) is 6.02. The largest absolute Gasteiger partial charge is 0.423 e. The number of carbonyl (C=O) groups is 1. The van der Waals surface area contributed by atoms with Gasteiger partial charge in [-0.05, 0) is 72.6 Å². The molecule has 0 spiro atoms. The molecule has 29 heavy (non-hydrogen) atoms. The van der Waals surface area contributed by atoms with Crippen molar-refractivity contribution < 1.29 is 9.53 Å². The van der Waals surface area contributed by atoms with Crippen LogP contribution in [0.3, 0.4) is 0 Å². The highest BCUT2D eigenvalue weighted by Crippen LogP contribution is 2.33. The van der Waals surface area contributed by atoms with Gasteiger partial charge in [0.2, 0.25) is 0 Å². The second kappa shape index (κ2) is 11.0. The molecule has 1 aliphatic rings. The minimum Gasteiger partial charge on any atom is -0.423 e. The third-order valence-electron chi connectivity index (χ3n) is 6.02. The van der Waals surface area contributed by atoms with Crippen LogP contribution in [-0.2, 0) is 6.42 Å². The van der Waals surface area contributed by atoms with Crippen LogP contribution in [0.4, 0.5) is 0 Å². The number of unbranched alkanes of at least 4 members (excludes halogenated alkanes) is 3. The molecule has 0 bridgehead atoms. The number of hydrogen-bond acceptors (Lipinski definition) is 2. The van der Waals surface area contributed by atoms with Gasteiger partial charge in [-0.1, -0.05) is 76.3 Å². The molecule has 2 heteroatoms. The standard InChI is InChI=1S/C27H34O2/c1-3-5-6-7-8-22-9-13-23(14-10-22)24-15-17-25(18-16-24)27(28)29-26-19-11-21(4-2)12-20-26/h11-13,15-20,22H,3-10,14H2,1-2H3. The summed E-state index contributed by atoms with van der Waals surface area (Å²) in [4.78, 5) is 12.4. The Hall–Kier alpha value is -2.35. The van der Waals surface area contributed by atoms with Crippen molar-refractivity contribution in [2.24, 2.45) is 5.92 Å². The Labute approximate surface area is 176 Å². The zero-order valence-corrected chi connectivity index (χ0v) is 18.0. The number of esters is 1. The van der Waals surface area contributed by atoms with Crippen LogP contribution < -0.4 is 4.74 Å². The SMILES string of the molecule is CCCCCCC1CC=C(c2ccc(C(=O)Oc3ccc(CC)cc3)cc2)CC1. The van der Waals surface area contributed by atoms with Crippen molar-refractivity contribution in [3.8, 4) is 5.75 Å². The van der Waals surface area contributed by atoms with Gasteiger partial charge in [-0.25, -0.2) is 4.79 Å². The first kappa shape index (κ1) is 21.4. The van der Waals surface area contributed by atoms with Gasteiger partial charge in [0.15, 0.2) is 0 Å². The Morgan fingerprint density at radius 2 is 1.72 bits per heavy atom. The van der Waals surface area contributed by atoms with Crippen molar-refractivity contribution in [2.45, 2.75) is 71.6 Å². The van der Waals surface area contributed by atoms with Gasteiger partial charge in [0.25, 0.3) is 0 Å². The fraction of sp³-hybridized carbons (Fsp3) is 0.444. The number of hydrogen-bond donors (Lipinski definition) is 0. The van der Waals surface area contributed by atoms with Gasteiger partial charge in [0.1, 0.15) is 5.75 Å². The summed E-state index contributed by atoms with van der Waals surface area (Å²) in [7, 11) is 0. The summed E-state index contributed by atoms with van der Waals surface area (Å²) >= 11 is 0. The normalized spacial score (nSPS) is 16.3. The Morgan fingerprint density at radius 3 is 2.34 bits per heavy atom. The zero-order chi connectivity index (χ0) is 20.5. The molecule has 0 heterocycles. The van der Waals surface area contributed by atoms with Gasteiger partial charge in [0.05, 0.1) is 5.56 Å². The van der Waals surface area contributed by atoms with E-state index < -0.39 is 0 Å². The number of carbonyl (C=O) groups excluding carboxylic acids is 1. The molecule has 0 fully saturated rings. The average molecular weight is 391 g/mol. The molecular weight excluding hydrogens is 356 g/mol. The Morgan fingerprint density at radius 1 is 0.966 bits per heavy atom. The molecule has 3 rings (SSSR count). The molecule has 0 saturated carbocycles. The molecule has 0 amide bonds. The van der Waals surface area contributed by atoms with Gasteiger partial charge >= 0.3 is 5.97 Å². The van der Waals surface area contributed by atoms with E-state index in [1.165, 1.54) is 61.6 Å². The molecule has 0 saturated heterocycles. The molecule has 1 aliphatic carbocycles. The number of aryl methyl sites for hydroxylation is 1. The molecule has 0 N–H and O–H groups in total. The van der Waals surface area contributed by atoms with E-state index in [1.54, 1.807) is 0 Å². The van der Waals surface area contributed by atoms with Crippen molar-refractivity contribution in [2.75, 3.05) is 0 Å². The first-order chi connectivity index (χ1) is 14.2. The molecule has 2 aromatic carbocycles. The highest BCUT2D eigenvalue weighted by molar-refractivity contribution is 5.91. The van der Waals surface area contributed by atoms with Crippen LogP contribution in [0.2, 0.25) is 0 Å². The highest BCUT2D eigenvalue weighted by atomic mass is 16.5. The third kappa shape index (κ3) is 6.32. The average Bonchev–Trinajstić information content (AvgIpc) is 2.78. The van der Waals surface area contributed by atoms with Crippen LogP contribution in [0, 0.1) is 5.92 Å². The lowest BCUT2D eigenvalue weighted by molar-refractivity contribution is 0.0734. The molecule has 154 valence electrons. The first-order valence-electron chi connectivity index (χ1n) is 11.3. The summed E-state index contributed by atoms with van der Waals surface area (Å²) in [6.07, 6.45) is 13.8. The Kier molecular flexibility index (Phi) is 8.10. The summed E-state index contributed by atoms with van der Waals surface area (Å²) in [6.45, 7) is 4.38. The Bertz CT molecular complexity index is 799. The maximum Gasteiger partial charge on any atom is 0.343 e. The first-order valence-corrected chi connectivity index (χ1v) is 11.3. The van der Waals surface area contributed by atoms with Crippen molar-refractivity contribution in [1.29, 1.82) is 0 Å². The maximum atomic E-state index is 12.4. The number of allylic oxidation sites excluding steroid dienone is 2. The predicted octanol–water partition coefficient (Wildman–Crippen LogP) is 7.62. The van der Waals surface area contributed by atoms with Crippen LogP contribution in [0.5, 0.6) is 5.75 Å². The molecule has 1 unspecified atom stereocenters. The van der Waals surface area contributed by atoms with Crippen LogP contribution in [0.15, 0.2) is 54.6 Å². The molecule has 1 atom stereocenters. The minimum atomic E-state index is -0.300. The van der Waals surface area contributed by atoms with E-state index in [0.717, 1.165) is 18.8 Å². The number of benzene rings is 2. The van der Waals surface area contributed by atoms with E-state index >= 15 is 0 Å². The summed E-state index contributed by atoms with van der Waals surface area (Å²) in [5, 5.41) is 0. The van der Waals surface area contributed by atoms with E-state index in [4.69, 9.17) is 4.74 Å². The fourth-order valence-corrected chi connectivity index (χ4v) is 4.05. The lowest BCUT2D eigenvalue weighted by Gasteiger charge is -2.22. The zero-order valence-electron chi connectivity index (χ0n) is 18.0. The topological polar surface area (TPSA) is 26.3 Å². The van der Waals surface area contributed by atoms with Crippen LogP contribution in [0.25, 0.3) is 5.57 Å². The van der Waals surface area contributed by atoms with Gasteiger partial charge in [-0.2, -0.15) is 0 Å². The van der Waals surface area contributed by atoms with Gasteiger partial charge < -0.3 is 4.74 Å². The molecule has 2 aromatic rings. The van der Waals surface area contributed by atoms with E-state index in [9.17, 15) is 4.79 Å². The van der Waals surface area contributed by atoms with Gasteiger partial charge in [-0.3, -0.25) is 0 Å². The smallest absolute Gasteiger partial charge is 0.343 e. The van der Waals surface area contributed by atoms with Crippen molar-refractivity contribution in [3.05, 3.63) is 71.3 Å². The van der Waals surface area contributed by atoms with Crippen molar-refractivity contribution in [3.63, 3.8) is 0 Å².